The number of halogens is 1. The van der Waals surface area contributed by atoms with Crippen molar-refractivity contribution in [3.8, 4) is 0 Å². The predicted octanol–water partition coefficient (Wildman–Crippen LogP) is 5.09. The fourth-order valence-corrected chi connectivity index (χ4v) is 5.03. The number of anilines is 1. The third kappa shape index (κ3) is 5.34. The Morgan fingerprint density at radius 3 is 2.76 bits per heavy atom. The number of carbonyl (C=O) groups is 2. The van der Waals surface area contributed by atoms with E-state index in [1.807, 2.05) is 24.5 Å². The van der Waals surface area contributed by atoms with E-state index in [0.29, 0.717) is 28.8 Å². The molecule has 1 amide bonds. The van der Waals surface area contributed by atoms with E-state index in [-0.39, 0.29) is 24.3 Å². The lowest BCUT2D eigenvalue weighted by Gasteiger charge is -2.30. The highest BCUT2D eigenvalue weighted by Crippen LogP contribution is 2.38. The van der Waals surface area contributed by atoms with Gasteiger partial charge in [-0.25, -0.2) is 4.79 Å². The van der Waals surface area contributed by atoms with Gasteiger partial charge in [0.1, 0.15) is 5.00 Å². The third-order valence-electron chi connectivity index (χ3n) is 4.86. The third-order valence-corrected chi connectivity index (χ3v) is 6.71. The lowest BCUT2D eigenvalue weighted by molar-refractivity contribution is 0.0526. The Kier molecular flexibility index (Phi) is 8.58. The molecular weight excluding hydrogens is 428 g/mol. The zero-order valence-corrected chi connectivity index (χ0v) is 19.6. The van der Waals surface area contributed by atoms with E-state index in [1.165, 1.54) is 11.3 Å². The summed E-state index contributed by atoms with van der Waals surface area (Å²) >= 11 is 3.08. The number of amides is 1. The molecule has 158 valence electrons. The van der Waals surface area contributed by atoms with Crippen molar-refractivity contribution in [1.29, 1.82) is 0 Å². The molecule has 1 aromatic heterocycles. The molecule has 5 nitrogen and oxygen atoms in total. The van der Waals surface area contributed by atoms with Crippen molar-refractivity contribution in [1.82, 2.24) is 4.90 Å². The van der Waals surface area contributed by atoms with Gasteiger partial charge >= 0.3 is 5.97 Å². The van der Waals surface area contributed by atoms with Crippen molar-refractivity contribution in [2.24, 2.45) is 0 Å². The van der Waals surface area contributed by atoms with Crippen LogP contribution in [0.25, 0.3) is 0 Å². The Balaban J connectivity index is 0.00000300. The predicted molar refractivity (Wildman–Crippen MR) is 123 cm³/mol. The minimum absolute atomic E-state index is 0. The van der Waals surface area contributed by atoms with Gasteiger partial charge in [0.25, 0.3) is 5.91 Å². The van der Waals surface area contributed by atoms with E-state index in [9.17, 15) is 9.59 Å². The minimum atomic E-state index is -0.355. The molecule has 0 saturated carbocycles. The van der Waals surface area contributed by atoms with Crippen LogP contribution in [0, 0.1) is 0 Å². The molecule has 29 heavy (non-hydrogen) atoms. The smallest absolute Gasteiger partial charge is 0.341 e. The Morgan fingerprint density at radius 2 is 2.10 bits per heavy atom. The van der Waals surface area contributed by atoms with Gasteiger partial charge in [0.15, 0.2) is 0 Å². The Bertz CT molecular complexity index is 883. The van der Waals surface area contributed by atoms with Crippen molar-refractivity contribution in [2.45, 2.75) is 44.7 Å². The molecule has 2 heterocycles. The number of rotatable bonds is 6. The van der Waals surface area contributed by atoms with E-state index in [1.54, 1.807) is 24.8 Å². The highest BCUT2D eigenvalue weighted by Gasteiger charge is 2.30. The van der Waals surface area contributed by atoms with Gasteiger partial charge in [-0.15, -0.1) is 35.5 Å². The van der Waals surface area contributed by atoms with Crippen LogP contribution >= 0.6 is 35.5 Å². The standard InChI is InChI=1S/C21H26N2O3S2.ClH/c1-5-26-21(25)18-16-9-10-23(13(2)3)12-17(16)28-20(18)22-19(24)14-7-6-8-15(11-14)27-4;/h6-8,11,13H,5,9-10,12H2,1-4H3,(H,22,24);1H. The summed E-state index contributed by atoms with van der Waals surface area (Å²) in [4.78, 5) is 30.0. The quantitative estimate of drug-likeness (QED) is 0.486. The number of benzene rings is 1. The maximum absolute atomic E-state index is 12.8. The zero-order valence-electron chi connectivity index (χ0n) is 17.1. The van der Waals surface area contributed by atoms with Crippen molar-refractivity contribution in [3.05, 3.63) is 45.8 Å². The highest BCUT2D eigenvalue weighted by molar-refractivity contribution is 7.98. The van der Waals surface area contributed by atoms with Crippen LogP contribution in [0.15, 0.2) is 29.2 Å². The Labute approximate surface area is 186 Å². The topological polar surface area (TPSA) is 58.6 Å². The second kappa shape index (κ2) is 10.5. The molecule has 3 rings (SSSR count). The summed E-state index contributed by atoms with van der Waals surface area (Å²) in [6, 6.07) is 7.92. The first kappa shape index (κ1) is 23.7. The zero-order chi connectivity index (χ0) is 20.3. The van der Waals surface area contributed by atoms with Gasteiger partial charge in [-0.05, 0) is 57.2 Å². The summed E-state index contributed by atoms with van der Waals surface area (Å²) in [5, 5.41) is 3.56. The molecule has 1 aliphatic rings. The summed E-state index contributed by atoms with van der Waals surface area (Å²) in [5.41, 5.74) is 2.13. The lowest BCUT2D eigenvalue weighted by atomic mass is 10.0. The monoisotopic (exact) mass is 454 g/mol. The maximum Gasteiger partial charge on any atom is 0.341 e. The average Bonchev–Trinajstić information content (AvgIpc) is 3.05. The largest absolute Gasteiger partial charge is 0.462 e. The molecule has 8 heteroatoms. The van der Waals surface area contributed by atoms with Crippen LogP contribution in [-0.2, 0) is 17.7 Å². The van der Waals surface area contributed by atoms with Crippen LogP contribution in [-0.4, -0.2) is 42.2 Å². The number of hydrogen-bond acceptors (Lipinski definition) is 6. The normalized spacial score (nSPS) is 13.6. The summed E-state index contributed by atoms with van der Waals surface area (Å²) in [6.07, 6.45) is 2.76. The molecule has 1 aliphatic heterocycles. The number of ether oxygens (including phenoxy) is 1. The molecule has 0 fully saturated rings. The van der Waals surface area contributed by atoms with Crippen LogP contribution in [0.4, 0.5) is 5.00 Å². The van der Waals surface area contributed by atoms with Gasteiger partial charge in [0, 0.05) is 34.5 Å². The second-order valence-corrected chi connectivity index (χ2v) is 8.91. The Morgan fingerprint density at radius 1 is 1.34 bits per heavy atom. The number of esters is 1. The lowest BCUT2D eigenvalue weighted by Crippen LogP contribution is -2.35. The maximum atomic E-state index is 12.8. The first-order valence-electron chi connectivity index (χ1n) is 9.45. The fourth-order valence-electron chi connectivity index (χ4n) is 3.31. The second-order valence-electron chi connectivity index (χ2n) is 6.93. The Hall–Kier alpha value is -1.54. The van der Waals surface area contributed by atoms with Gasteiger partial charge in [0.2, 0.25) is 0 Å². The molecule has 0 spiro atoms. The van der Waals surface area contributed by atoms with Gasteiger partial charge in [-0.1, -0.05) is 6.07 Å². The molecule has 0 bridgehead atoms. The summed E-state index contributed by atoms with van der Waals surface area (Å²) in [7, 11) is 0. The van der Waals surface area contributed by atoms with Crippen LogP contribution in [0.2, 0.25) is 0 Å². The SMILES string of the molecule is CCOC(=O)c1c(NC(=O)c2cccc(SC)c2)sc2c1CCN(C(C)C)C2.Cl. The van der Waals surface area contributed by atoms with E-state index in [2.05, 4.69) is 24.1 Å². The number of nitrogens with zero attached hydrogens (tertiary/aromatic N) is 1. The van der Waals surface area contributed by atoms with E-state index < -0.39 is 0 Å². The molecule has 0 radical (unpaired) electrons. The number of thioether (sulfide) groups is 1. The van der Waals surface area contributed by atoms with Gasteiger partial charge in [-0.2, -0.15) is 0 Å². The molecule has 0 aliphatic carbocycles. The fraction of sp³-hybridized carbons (Fsp3) is 0.429. The molecule has 2 aromatic rings. The first-order valence-corrected chi connectivity index (χ1v) is 11.5. The molecule has 1 aromatic carbocycles. The number of nitrogens with one attached hydrogen (secondary N) is 1. The van der Waals surface area contributed by atoms with Crippen molar-refractivity contribution >= 4 is 52.4 Å². The molecular formula is C21H27ClN2O3S2. The van der Waals surface area contributed by atoms with Gasteiger partial charge in [0.05, 0.1) is 12.2 Å². The molecule has 0 unspecified atom stereocenters. The van der Waals surface area contributed by atoms with Crippen molar-refractivity contribution in [2.75, 3.05) is 24.7 Å². The highest BCUT2D eigenvalue weighted by atomic mass is 35.5. The van der Waals surface area contributed by atoms with Crippen LogP contribution in [0.5, 0.6) is 0 Å². The summed E-state index contributed by atoms with van der Waals surface area (Å²) in [5.74, 6) is -0.563. The van der Waals surface area contributed by atoms with Crippen molar-refractivity contribution < 1.29 is 14.3 Å². The van der Waals surface area contributed by atoms with Crippen LogP contribution in [0.3, 0.4) is 0 Å². The van der Waals surface area contributed by atoms with E-state index in [4.69, 9.17) is 4.74 Å². The molecule has 0 atom stereocenters. The number of hydrogen-bond donors (Lipinski definition) is 1. The van der Waals surface area contributed by atoms with Crippen LogP contribution in [0.1, 0.15) is 51.9 Å². The minimum Gasteiger partial charge on any atom is -0.462 e. The van der Waals surface area contributed by atoms with E-state index in [0.717, 1.165) is 34.8 Å². The number of fused-ring (bicyclic) bond motifs is 1. The number of carbonyl (C=O) groups excluding carboxylic acids is 2. The van der Waals surface area contributed by atoms with E-state index >= 15 is 0 Å². The molecule has 0 saturated heterocycles. The van der Waals surface area contributed by atoms with Gasteiger partial charge in [-0.3, -0.25) is 9.69 Å². The summed E-state index contributed by atoms with van der Waals surface area (Å²) in [6.45, 7) is 8.14. The summed E-state index contributed by atoms with van der Waals surface area (Å²) < 4.78 is 5.29. The number of thiophene rings is 1. The average molecular weight is 455 g/mol. The van der Waals surface area contributed by atoms with Gasteiger partial charge < -0.3 is 10.1 Å². The molecule has 1 N–H and O–H groups in total. The first-order chi connectivity index (χ1) is 13.4. The van der Waals surface area contributed by atoms with Crippen LogP contribution < -0.4 is 5.32 Å². The van der Waals surface area contributed by atoms with Crippen molar-refractivity contribution in [3.63, 3.8) is 0 Å².